The zero-order chi connectivity index (χ0) is 22.1. The van der Waals surface area contributed by atoms with Crippen molar-refractivity contribution in [2.24, 2.45) is 0 Å². The lowest BCUT2D eigenvalue weighted by molar-refractivity contribution is 0.0919. The number of benzene rings is 1. The second-order valence-corrected chi connectivity index (χ2v) is 9.40. The SMILES string of the molecule is COc1ccc(-c2cc(C(=O)NC(C)(C)C)cc(-n3ccnc3C(C)(C)C)n2)cc1. The fourth-order valence-corrected chi connectivity index (χ4v) is 3.14. The van der Waals surface area contributed by atoms with E-state index in [1.165, 1.54) is 0 Å². The van der Waals surface area contributed by atoms with Gasteiger partial charge in [-0.15, -0.1) is 0 Å². The summed E-state index contributed by atoms with van der Waals surface area (Å²) in [4.78, 5) is 22.3. The summed E-state index contributed by atoms with van der Waals surface area (Å²) in [5, 5.41) is 3.04. The lowest BCUT2D eigenvalue weighted by Gasteiger charge is -2.22. The van der Waals surface area contributed by atoms with Gasteiger partial charge in [0.25, 0.3) is 5.91 Å². The first kappa shape index (κ1) is 21.6. The quantitative estimate of drug-likeness (QED) is 0.678. The topological polar surface area (TPSA) is 69.0 Å². The summed E-state index contributed by atoms with van der Waals surface area (Å²) >= 11 is 0. The molecule has 0 aliphatic heterocycles. The Hall–Kier alpha value is -3.15. The minimum atomic E-state index is -0.341. The van der Waals surface area contributed by atoms with Gasteiger partial charge in [-0.25, -0.2) is 9.97 Å². The normalized spacial score (nSPS) is 12.0. The maximum Gasteiger partial charge on any atom is 0.251 e. The number of rotatable bonds is 4. The molecule has 0 bridgehead atoms. The van der Waals surface area contributed by atoms with E-state index in [0.29, 0.717) is 17.1 Å². The molecule has 0 atom stereocenters. The summed E-state index contributed by atoms with van der Waals surface area (Å²) in [5.41, 5.74) is 1.65. The molecular formula is C24H30N4O2. The zero-order valence-electron chi connectivity index (χ0n) is 18.8. The number of aromatic nitrogens is 3. The molecule has 1 amide bonds. The Morgan fingerprint density at radius 3 is 2.27 bits per heavy atom. The minimum absolute atomic E-state index is 0.140. The minimum Gasteiger partial charge on any atom is -0.497 e. The van der Waals surface area contributed by atoms with Crippen LogP contribution >= 0.6 is 0 Å². The van der Waals surface area contributed by atoms with E-state index < -0.39 is 0 Å². The van der Waals surface area contributed by atoms with Crippen LogP contribution in [0.3, 0.4) is 0 Å². The highest BCUT2D eigenvalue weighted by Gasteiger charge is 2.23. The maximum atomic E-state index is 13.0. The molecule has 0 radical (unpaired) electrons. The van der Waals surface area contributed by atoms with Crippen molar-refractivity contribution in [1.29, 1.82) is 0 Å². The molecule has 1 aromatic carbocycles. The molecule has 3 rings (SSSR count). The molecule has 30 heavy (non-hydrogen) atoms. The molecule has 1 N–H and O–H groups in total. The summed E-state index contributed by atoms with van der Waals surface area (Å²) in [5.74, 6) is 2.16. The van der Waals surface area contributed by atoms with Gasteiger partial charge in [-0.1, -0.05) is 20.8 Å². The number of amides is 1. The van der Waals surface area contributed by atoms with Gasteiger partial charge in [-0.05, 0) is 57.2 Å². The third-order valence-corrected chi connectivity index (χ3v) is 4.51. The number of imidazole rings is 1. The number of pyridine rings is 1. The highest BCUT2D eigenvalue weighted by Crippen LogP contribution is 2.27. The number of nitrogens with one attached hydrogen (secondary N) is 1. The van der Waals surface area contributed by atoms with E-state index in [-0.39, 0.29) is 16.9 Å². The van der Waals surface area contributed by atoms with E-state index in [4.69, 9.17) is 9.72 Å². The van der Waals surface area contributed by atoms with Gasteiger partial charge < -0.3 is 10.1 Å². The smallest absolute Gasteiger partial charge is 0.251 e. The molecule has 158 valence electrons. The Bertz CT molecular complexity index is 1040. The fraction of sp³-hybridized carbons (Fsp3) is 0.375. The molecule has 0 spiro atoms. The van der Waals surface area contributed by atoms with E-state index >= 15 is 0 Å². The molecule has 0 saturated heterocycles. The predicted octanol–water partition coefficient (Wildman–Crippen LogP) is 4.77. The monoisotopic (exact) mass is 406 g/mol. The standard InChI is InChI=1S/C24H30N4O2/c1-23(2,3)22-25-12-13-28(22)20-15-17(21(29)27-24(4,5)6)14-19(26-20)16-8-10-18(30-7)11-9-16/h8-15H,1-7H3,(H,27,29). The Labute approximate surface area is 178 Å². The van der Waals surface area contributed by atoms with Crippen molar-refractivity contribution in [2.75, 3.05) is 7.11 Å². The lowest BCUT2D eigenvalue weighted by atomic mass is 9.95. The van der Waals surface area contributed by atoms with Crippen molar-refractivity contribution in [3.8, 4) is 22.8 Å². The fourth-order valence-electron chi connectivity index (χ4n) is 3.14. The molecule has 6 nitrogen and oxygen atoms in total. The Morgan fingerprint density at radius 1 is 1.03 bits per heavy atom. The molecule has 2 aromatic heterocycles. The van der Waals surface area contributed by atoms with Gasteiger partial charge >= 0.3 is 0 Å². The van der Waals surface area contributed by atoms with Gasteiger partial charge in [-0.2, -0.15) is 0 Å². The van der Waals surface area contributed by atoms with Crippen molar-refractivity contribution in [3.63, 3.8) is 0 Å². The number of methoxy groups -OCH3 is 1. The van der Waals surface area contributed by atoms with E-state index in [2.05, 4.69) is 31.1 Å². The van der Waals surface area contributed by atoms with E-state index in [0.717, 1.165) is 17.1 Å². The van der Waals surface area contributed by atoms with Crippen LogP contribution in [-0.4, -0.2) is 33.1 Å². The van der Waals surface area contributed by atoms with Crippen LogP contribution in [0.4, 0.5) is 0 Å². The molecule has 0 fully saturated rings. The first-order valence-electron chi connectivity index (χ1n) is 10.0. The van der Waals surface area contributed by atoms with Crippen LogP contribution in [0.5, 0.6) is 5.75 Å². The lowest BCUT2D eigenvalue weighted by Crippen LogP contribution is -2.40. The van der Waals surface area contributed by atoms with Gasteiger partial charge in [0.2, 0.25) is 0 Å². The van der Waals surface area contributed by atoms with Crippen LogP contribution < -0.4 is 10.1 Å². The first-order valence-corrected chi connectivity index (χ1v) is 10.0. The van der Waals surface area contributed by atoms with Gasteiger partial charge in [0.15, 0.2) is 0 Å². The van der Waals surface area contributed by atoms with Crippen molar-refractivity contribution >= 4 is 5.91 Å². The average Bonchev–Trinajstić information content (AvgIpc) is 3.17. The number of hydrogen-bond acceptors (Lipinski definition) is 4. The summed E-state index contributed by atoms with van der Waals surface area (Å²) in [6.45, 7) is 12.2. The Balaban J connectivity index is 2.16. The van der Waals surface area contributed by atoms with Crippen LogP contribution in [0.25, 0.3) is 17.1 Å². The third kappa shape index (κ3) is 4.87. The number of ether oxygens (including phenoxy) is 1. The van der Waals surface area contributed by atoms with Crippen LogP contribution in [-0.2, 0) is 5.41 Å². The maximum absolute atomic E-state index is 13.0. The second kappa shape index (κ2) is 7.94. The number of carbonyl (C=O) groups is 1. The zero-order valence-corrected chi connectivity index (χ0v) is 18.8. The van der Waals surface area contributed by atoms with Crippen LogP contribution in [0.2, 0.25) is 0 Å². The summed E-state index contributed by atoms with van der Waals surface area (Å²) < 4.78 is 7.21. The highest BCUT2D eigenvalue weighted by molar-refractivity contribution is 5.96. The number of nitrogens with zero attached hydrogens (tertiary/aromatic N) is 3. The summed E-state index contributed by atoms with van der Waals surface area (Å²) in [6.07, 6.45) is 3.64. The van der Waals surface area contributed by atoms with Crippen LogP contribution in [0.15, 0.2) is 48.8 Å². The van der Waals surface area contributed by atoms with Crippen LogP contribution in [0.1, 0.15) is 57.7 Å². The van der Waals surface area contributed by atoms with Gasteiger partial charge in [-0.3, -0.25) is 9.36 Å². The average molecular weight is 407 g/mol. The highest BCUT2D eigenvalue weighted by atomic mass is 16.5. The molecule has 0 unspecified atom stereocenters. The molecule has 3 aromatic rings. The van der Waals surface area contributed by atoms with E-state index in [9.17, 15) is 4.79 Å². The predicted molar refractivity (Wildman–Crippen MR) is 119 cm³/mol. The molecule has 0 aliphatic rings. The van der Waals surface area contributed by atoms with Gasteiger partial charge in [0, 0.05) is 34.5 Å². The molecule has 0 saturated carbocycles. The van der Waals surface area contributed by atoms with E-state index in [1.54, 1.807) is 13.3 Å². The second-order valence-electron chi connectivity index (χ2n) is 9.40. The molecule has 2 heterocycles. The first-order chi connectivity index (χ1) is 14.0. The number of carbonyl (C=O) groups excluding carboxylic acids is 1. The molecular weight excluding hydrogens is 376 g/mol. The van der Waals surface area contributed by atoms with Crippen molar-refractivity contribution in [3.05, 3.63) is 60.2 Å². The van der Waals surface area contributed by atoms with Crippen molar-refractivity contribution < 1.29 is 9.53 Å². The third-order valence-electron chi connectivity index (χ3n) is 4.51. The molecule has 0 aliphatic carbocycles. The van der Waals surface area contributed by atoms with Gasteiger partial charge in [0.05, 0.1) is 12.8 Å². The summed E-state index contributed by atoms with van der Waals surface area (Å²) in [6, 6.07) is 11.3. The Kier molecular flexibility index (Phi) is 5.70. The van der Waals surface area contributed by atoms with Crippen LogP contribution in [0, 0.1) is 0 Å². The van der Waals surface area contributed by atoms with Gasteiger partial charge in [0.1, 0.15) is 17.4 Å². The van der Waals surface area contributed by atoms with Crippen molar-refractivity contribution in [2.45, 2.75) is 52.5 Å². The van der Waals surface area contributed by atoms with E-state index in [1.807, 2.05) is 67.9 Å². The Morgan fingerprint density at radius 2 is 1.70 bits per heavy atom. The van der Waals surface area contributed by atoms with Crippen molar-refractivity contribution in [1.82, 2.24) is 19.9 Å². The molecule has 6 heteroatoms. The summed E-state index contributed by atoms with van der Waals surface area (Å²) in [7, 11) is 1.63. The largest absolute Gasteiger partial charge is 0.497 e. The number of hydrogen-bond donors (Lipinski definition) is 1.